The number of benzene rings is 1. The van der Waals surface area contributed by atoms with Gasteiger partial charge in [-0.25, -0.2) is 9.97 Å². The predicted octanol–water partition coefficient (Wildman–Crippen LogP) is 2.64. The first-order valence-electron chi connectivity index (χ1n) is 10.9. The Balaban J connectivity index is 1.70. The van der Waals surface area contributed by atoms with Crippen molar-refractivity contribution >= 4 is 41.5 Å². The van der Waals surface area contributed by atoms with Crippen LogP contribution in [0.3, 0.4) is 0 Å². The van der Waals surface area contributed by atoms with E-state index in [2.05, 4.69) is 36.1 Å². The Kier molecular flexibility index (Phi) is 6.79. The summed E-state index contributed by atoms with van der Waals surface area (Å²) >= 11 is 0. The van der Waals surface area contributed by atoms with Gasteiger partial charge in [-0.2, -0.15) is 0 Å². The van der Waals surface area contributed by atoms with Crippen LogP contribution in [0, 0.1) is 5.92 Å². The molecule has 0 aliphatic heterocycles. The number of aromatic nitrogens is 4. The first-order chi connectivity index (χ1) is 16.7. The number of ether oxygens (including phenoxy) is 1. The zero-order valence-electron chi connectivity index (χ0n) is 19.8. The first-order valence-corrected chi connectivity index (χ1v) is 13.5. The number of hydrogen-bond acceptors (Lipinski definition) is 9. The largest absolute Gasteiger partial charge is 0.494 e. The van der Waals surface area contributed by atoms with Gasteiger partial charge >= 0.3 is 0 Å². The van der Waals surface area contributed by atoms with Crippen molar-refractivity contribution in [2.45, 2.75) is 12.8 Å². The summed E-state index contributed by atoms with van der Waals surface area (Å²) in [6.45, 7) is 3.31. The van der Waals surface area contributed by atoms with Crippen LogP contribution in [0.25, 0.3) is 11.4 Å². The lowest BCUT2D eigenvalue weighted by molar-refractivity contribution is -0.117. The summed E-state index contributed by atoms with van der Waals surface area (Å²) in [7, 11) is 0.512. The van der Waals surface area contributed by atoms with Crippen LogP contribution < -0.4 is 26.0 Å². The molecular weight excluding hydrogens is 469 g/mol. The maximum atomic E-state index is 12.4. The second-order valence-corrected chi connectivity index (χ2v) is 11.7. The van der Waals surface area contributed by atoms with Crippen LogP contribution in [0.4, 0.5) is 17.2 Å². The fourth-order valence-corrected chi connectivity index (χ4v) is 3.99. The van der Waals surface area contributed by atoms with E-state index in [1.807, 2.05) is 0 Å². The highest BCUT2D eigenvalue weighted by molar-refractivity contribution is 7.70. The van der Waals surface area contributed by atoms with Crippen LogP contribution in [0.2, 0.25) is 0 Å². The molecule has 12 heteroatoms. The maximum Gasteiger partial charge on any atom is 0.273 e. The molecule has 182 valence electrons. The van der Waals surface area contributed by atoms with Crippen LogP contribution in [-0.4, -0.2) is 59.5 Å². The van der Waals surface area contributed by atoms with Gasteiger partial charge in [0.2, 0.25) is 5.91 Å². The van der Waals surface area contributed by atoms with Crippen molar-refractivity contribution in [1.29, 1.82) is 0 Å². The van der Waals surface area contributed by atoms with Crippen LogP contribution >= 0.6 is 7.14 Å². The number of amides is 2. The second-order valence-electron chi connectivity index (χ2n) is 8.46. The smallest absolute Gasteiger partial charge is 0.273 e. The summed E-state index contributed by atoms with van der Waals surface area (Å²) in [5.41, 5.74) is 1.49. The van der Waals surface area contributed by atoms with Gasteiger partial charge in [0.05, 0.1) is 24.0 Å². The van der Waals surface area contributed by atoms with E-state index in [1.54, 1.807) is 50.0 Å². The lowest BCUT2D eigenvalue weighted by atomic mass is 10.1. The molecule has 0 atom stereocenters. The second kappa shape index (κ2) is 9.79. The summed E-state index contributed by atoms with van der Waals surface area (Å²) in [5, 5.41) is 17.0. The Labute approximate surface area is 202 Å². The SMILES string of the molecule is CNC(=O)c1nnc(NC(=O)C2CC2)cc1Nc1cccc(-c2ncc(P(C)(C)=O)cn2)c1OC. The highest BCUT2D eigenvalue weighted by Gasteiger charge is 2.30. The Hall–Kier alpha value is -3.85. The molecule has 1 fully saturated rings. The topological polar surface area (TPSA) is 148 Å². The first kappa shape index (κ1) is 24.3. The molecule has 11 nitrogen and oxygen atoms in total. The summed E-state index contributed by atoms with van der Waals surface area (Å²) in [6.07, 6.45) is 4.80. The fourth-order valence-electron chi connectivity index (χ4n) is 3.32. The molecule has 0 unspecified atom stereocenters. The molecule has 35 heavy (non-hydrogen) atoms. The minimum Gasteiger partial charge on any atom is -0.494 e. The number of carbonyl (C=O) groups is 2. The number of para-hydroxylation sites is 1. The van der Waals surface area contributed by atoms with E-state index in [-0.39, 0.29) is 23.3 Å². The highest BCUT2D eigenvalue weighted by atomic mass is 31.2. The standard InChI is InChI=1S/C23H26N7O4P/c1-24-23(32)19-17(10-18(29-30-19)28-22(31)13-8-9-13)27-16-7-5-6-15(20(16)34-2)21-25-11-14(12-26-21)35(3,4)33/h5-7,10-13H,8-9H2,1-4H3,(H,24,32)(H2,27,28,29,31). The molecule has 1 aliphatic carbocycles. The molecule has 2 aromatic heterocycles. The molecule has 3 N–H and O–H groups in total. The number of carbonyl (C=O) groups excluding carboxylic acids is 2. The van der Waals surface area contributed by atoms with E-state index >= 15 is 0 Å². The number of methoxy groups -OCH3 is 1. The van der Waals surface area contributed by atoms with Gasteiger partial charge in [-0.05, 0) is 38.3 Å². The van der Waals surface area contributed by atoms with E-state index in [9.17, 15) is 14.2 Å². The lowest BCUT2D eigenvalue weighted by Crippen LogP contribution is -2.22. The zero-order valence-corrected chi connectivity index (χ0v) is 20.7. The molecule has 0 bridgehead atoms. The van der Waals surface area contributed by atoms with E-state index in [4.69, 9.17) is 4.74 Å². The predicted molar refractivity (Wildman–Crippen MR) is 133 cm³/mol. The molecule has 4 rings (SSSR count). The Morgan fingerprint density at radius 1 is 1.09 bits per heavy atom. The van der Waals surface area contributed by atoms with Crippen molar-refractivity contribution in [2.75, 3.05) is 38.1 Å². The van der Waals surface area contributed by atoms with Crippen LogP contribution in [0.15, 0.2) is 36.7 Å². The van der Waals surface area contributed by atoms with Gasteiger partial charge in [-0.1, -0.05) is 6.07 Å². The van der Waals surface area contributed by atoms with Gasteiger partial charge in [0.15, 0.2) is 23.1 Å². The van der Waals surface area contributed by atoms with Crippen LogP contribution in [0.5, 0.6) is 5.75 Å². The number of rotatable bonds is 8. The quantitative estimate of drug-likeness (QED) is 0.401. The average Bonchev–Trinajstić information content (AvgIpc) is 3.69. The van der Waals surface area contributed by atoms with Gasteiger partial charge in [-0.3, -0.25) is 9.59 Å². The molecule has 2 heterocycles. The molecular formula is C23H26N7O4P. The van der Waals surface area contributed by atoms with Crippen molar-refractivity contribution in [2.24, 2.45) is 5.92 Å². The van der Waals surface area contributed by atoms with E-state index < -0.39 is 13.0 Å². The van der Waals surface area contributed by atoms with Crippen LogP contribution in [0.1, 0.15) is 23.3 Å². The number of hydrogen-bond donors (Lipinski definition) is 3. The average molecular weight is 495 g/mol. The Morgan fingerprint density at radius 3 is 2.40 bits per heavy atom. The third-order valence-corrected chi connectivity index (χ3v) is 6.90. The molecule has 1 aliphatic rings. The molecule has 2 amide bonds. The van der Waals surface area contributed by atoms with Gasteiger partial charge in [0.1, 0.15) is 7.14 Å². The summed E-state index contributed by atoms with van der Waals surface area (Å²) < 4.78 is 18.0. The van der Waals surface area contributed by atoms with Crippen molar-refractivity contribution in [3.8, 4) is 17.1 Å². The maximum absolute atomic E-state index is 12.4. The van der Waals surface area contributed by atoms with E-state index in [1.165, 1.54) is 14.2 Å². The summed E-state index contributed by atoms with van der Waals surface area (Å²) in [6, 6.07) is 6.89. The molecule has 0 spiro atoms. The van der Waals surface area contributed by atoms with Gasteiger partial charge in [-0.15, -0.1) is 10.2 Å². The number of nitrogens with zero attached hydrogens (tertiary/aromatic N) is 4. The minimum atomic E-state index is -2.49. The van der Waals surface area contributed by atoms with Crippen molar-refractivity contribution in [1.82, 2.24) is 25.5 Å². The number of anilines is 3. The Morgan fingerprint density at radius 2 is 1.80 bits per heavy atom. The van der Waals surface area contributed by atoms with Gasteiger partial charge < -0.3 is 25.3 Å². The monoisotopic (exact) mass is 495 g/mol. The van der Waals surface area contributed by atoms with Crippen LogP contribution in [-0.2, 0) is 9.36 Å². The number of nitrogens with one attached hydrogen (secondary N) is 3. The van der Waals surface area contributed by atoms with E-state index in [0.717, 1.165) is 12.8 Å². The van der Waals surface area contributed by atoms with Gasteiger partial charge in [0.25, 0.3) is 5.91 Å². The highest BCUT2D eigenvalue weighted by Crippen LogP contribution is 2.38. The minimum absolute atomic E-state index is 0.00990. The van der Waals surface area contributed by atoms with E-state index in [0.29, 0.717) is 33.8 Å². The third-order valence-electron chi connectivity index (χ3n) is 5.42. The zero-order chi connectivity index (χ0) is 25.2. The third kappa shape index (κ3) is 5.46. The lowest BCUT2D eigenvalue weighted by Gasteiger charge is -2.16. The molecule has 0 saturated heterocycles. The summed E-state index contributed by atoms with van der Waals surface area (Å²) in [5.74, 6) is 0.470. The molecule has 1 saturated carbocycles. The van der Waals surface area contributed by atoms with Gasteiger partial charge in [0, 0.05) is 36.7 Å². The van der Waals surface area contributed by atoms with Crippen molar-refractivity contribution < 1.29 is 18.9 Å². The molecule has 0 radical (unpaired) electrons. The summed E-state index contributed by atoms with van der Waals surface area (Å²) in [4.78, 5) is 33.3. The normalized spacial score (nSPS) is 13.1. The van der Waals surface area contributed by atoms with Crippen molar-refractivity contribution in [3.63, 3.8) is 0 Å². The Bertz CT molecular complexity index is 1320. The van der Waals surface area contributed by atoms with Crippen molar-refractivity contribution in [3.05, 3.63) is 42.4 Å². The fraction of sp³-hybridized carbons (Fsp3) is 0.304. The molecule has 1 aromatic carbocycles. The molecule has 3 aromatic rings.